The summed E-state index contributed by atoms with van der Waals surface area (Å²) in [5.41, 5.74) is 0. The molecule has 0 aliphatic rings. The van der Waals surface area contributed by atoms with Crippen molar-refractivity contribution in [1.29, 1.82) is 0 Å². The zero-order valence-corrected chi connectivity index (χ0v) is 8.53. The van der Waals surface area contributed by atoms with Crippen LogP contribution in [0.3, 0.4) is 0 Å². The maximum atomic E-state index is 10.9. The normalized spacial score (nSPS) is 21.7. The quantitative estimate of drug-likeness (QED) is 0.705. The first kappa shape index (κ1) is 10.4. The average molecular weight is 231 g/mol. The molecule has 0 radical (unpaired) electrons. The summed E-state index contributed by atoms with van der Waals surface area (Å²) >= 11 is 2.93. The summed E-state index contributed by atoms with van der Waals surface area (Å²) in [5, 5.41) is 8.99. The molecule has 2 atom stereocenters. The molecule has 0 bridgehead atoms. The molecule has 0 saturated carbocycles. The van der Waals surface area contributed by atoms with Gasteiger partial charge in [0.2, 0.25) is 0 Å². The summed E-state index contributed by atoms with van der Waals surface area (Å²) in [7, 11) is -3.23. The first-order chi connectivity index (χ1) is 4.19. The van der Waals surface area contributed by atoms with Gasteiger partial charge in [0.05, 0.1) is 6.10 Å². The second kappa shape index (κ2) is 2.79. The van der Waals surface area contributed by atoms with Crippen LogP contribution >= 0.6 is 15.9 Å². The van der Waals surface area contributed by atoms with Crippen LogP contribution in [0.2, 0.25) is 0 Å². The number of hydrogen-bond acceptors (Lipinski definition) is 3. The number of halogens is 1. The van der Waals surface area contributed by atoms with Crippen LogP contribution in [0.1, 0.15) is 13.8 Å². The molecule has 0 aromatic rings. The first-order valence-corrected chi connectivity index (χ1v) is 5.44. The van der Waals surface area contributed by atoms with Gasteiger partial charge in [-0.3, -0.25) is 0 Å². The van der Waals surface area contributed by atoms with Crippen molar-refractivity contribution in [3.05, 3.63) is 0 Å². The highest BCUT2D eigenvalue weighted by Gasteiger charge is 2.37. The van der Waals surface area contributed by atoms with Gasteiger partial charge in [-0.25, -0.2) is 8.42 Å². The average Bonchev–Trinajstić information content (AvgIpc) is 1.62. The molecule has 0 aromatic heterocycles. The third-order valence-corrected chi connectivity index (χ3v) is 5.69. The van der Waals surface area contributed by atoms with Gasteiger partial charge in [0, 0.05) is 6.26 Å². The minimum Gasteiger partial charge on any atom is -0.391 e. The summed E-state index contributed by atoms with van der Waals surface area (Å²) < 4.78 is 20.6. The molecule has 0 saturated heterocycles. The lowest BCUT2D eigenvalue weighted by Gasteiger charge is -2.22. The fourth-order valence-electron chi connectivity index (χ4n) is 0.310. The topological polar surface area (TPSA) is 54.4 Å². The van der Waals surface area contributed by atoms with Crippen LogP contribution in [-0.2, 0) is 9.84 Å². The Morgan fingerprint density at radius 1 is 1.60 bits per heavy atom. The van der Waals surface area contributed by atoms with E-state index in [1.807, 2.05) is 0 Å². The largest absolute Gasteiger partial charge is 0.391 e. The van der Waals surface area contributed by atoms with E-state index in [9.17, 15) is 8.42 Å². The van der Waals surface area contributed by atoms with Crippen LogP contribution in [0.5, 0.6) is 0 Å². The molecular formula is C5H11BrO3S. The highest BCUT2D eigenvalue weighted by atomic mass is 79.9. The number of rotatable bonds is 2. The Hall–Kier alpha value is 0.390. The van der Waals surface area contributed by atoms with Crippen molar-refractivity contribution in [1.82, 2.24) is 0 Å². The molecule has 0 heterocycles. The van der Waals surface area contributed by atoms with E-state index in [-0.39, 0.29) is 0 Å². The Labute approximate surface area is 69.5 Å². The van der Waals surface area contributed by atoms with Crippen molar-refractivity contribution in [3.8, 4) is 0 Å². The molecule has 0 fully saturated rings. The van der Waals surface area contributed by atoms with E-state index < -0.39 is 19.6 Å². The van der Waals surface area contributed by atoms with Crippen LogP contribution in [0.15, 0.2) is 0 Å². The summed E-state index contributed by atoms with van der Waals surface area (Å²) in [6, 6.07) is 0. The van der Waals surface area contributed by atoms with Gasteiger partial charge in [-0.1, -0.05) is 15.9 Å². The van der Waals surface area contributed by atoms with E-state index in [2.05, 4.69) is 15.9 Å². The Morgan fingerprint density at radius 2 is 1.90 bits per heavy atom. The third kappa shape index (κ3) is 1.93. The number of aliphatic hydroxyl groups is 1. The van der Waals surface area contributed by atoms with Crippen LogP contribution in [0, 0.1) is 0 Å². The molecule has 62 valence electrons. The van der Waals surface area contributed by atoms with Gasteiger partial charge in [0.15, 0.2) is 9.84 Å². The standard InChI is InChI=1S/C5H11BrO3S/c1-4(7)5(2,6)10(3,8)9/h4,7H,1-3H3/t4-,5+/m0/s1. The predicted octanol–water partition coefficient (Wildman–Crippen LogP) is 0.523. The minimum absolute atomic E-state index is 0.914. The molecule has 0 aliphatic carbocycles. The summed E-state index contributed by atoms with van der Waals surface area (Å²) in [5.74, 6) is 0. The second-order valence-electron chi connectivity index (χ2n) is 2.43. The van der Waals surface area contributed by atoms with Crippen LogP contribution < -0.4 is 0 Å². The van der Waals surface area contributed by atoms with E-state index in [1.54, 1.807) is 0 Å². The monoisotopic (exact) mass is 230 g/mol. The fourth-order valence-corrected chi connectivity index (χ4v) is 0.929. The zero-order chi connectivity index (χ0) is 8.58. The van der Waals surface area contributed by atoms with E-state index in [0.29, 0.717) is 0 Å². The highest BCUT2D eigenvalue weighted by molar-refractivity contribution is 9.11. The lowest BCUT2D eigenvalue weighted by atomic mass is 10.3. The van der Waals surface area contributed by atoms with Crippen molar-refractivity contribution < 1.29 is 13.5 Å². The summed E-state index contributed by atoms with van der Waals surface area (Å²) in [6.45, 7) is 2.85. The van der Waals surface area contributed by atoms with Crippen molar-refractivity contribution in [2.45, 2.75) is 23.6 Å². The van der Waals surface area contributed by atoms with Gasteiger partial charge in [-0.2, -0.15) is 0 Å². The Kier molecular flexibility index (Phi) is 2.90. The molecule has 0 rings (SSSR count). The third-order valence-electron chi connectivity index (χ3n) is 1.47. The SMILES string of the molecule is C[C@H](O)[C@](C)(Br)S(C)(=O)=O. The maximum Gasteiger partial charge on any atom is 0.165 e. The number of hydrogen-bond donors (Lipinski definition) is 1. The number of aliphatic hydroxyl groups excluding tert-OH is 1. The Morgan fingerprint density at radius 3 is 1.90 bits per heavy atom. The smallest absolute Gasteiger partial charge is 0.165 e. The Balaban J connectivity index is 4.76. The second-order valence-corrected chi connectivity index (χ2v) is 7.00. The van der Waals surface area contributed by atoms with Crippen LogP contribution in [-0.4, -0.2) is 29.5 Å². The van der Waals surface area contributed by atoms with Crippen molar-refractivity contribution in [2.75, 3.05) is 6.26 Å². The zero-order valence-electron chi connectivity index (χ0n) is 6.13. The van der Waals surface area contributed by atoms with Gasteiger partial charge in [-0.05, 0) is 13.8 Å². The van der Waals surface area contributed by atoms with Crippen LogP contribution in [0.4, 0.5) is 0 Å². The van der Waals surface area contributed by atoms with Crippen molar-refractivity contribution >= 4 is 25.8 Å². The predicted molar refractivity (Wildman–Crippen MR) is 43.9 cm³/mol. The van der Waals surface area contributed by atoms with Crippen LogP contribution in [0.25, 0.3) is 0 Å². The molecule has 1 N–H and O–H groups in total. The van der Waals surface area contributed by atoms with E-state index in [1.165, 1.54) is 13.8 Å². The molecule has 0 amide bonds. The number of sulfone groups is 1. The Bertz CT molecular complexity index is 205. The van der Waals surface area contributed by atoms with Gasteiger partial charge >= 0.3 is 0 Å². The molecule has 0 unspecified atom stereocenters. The first-order valence-electron chi connectivity index (χ1n) is 2.76. The lowest BCUT2D eigenvalue weighted by Crippen LogP contribution is -2.38. The molecular weight excluding hydrogens is 220 g/mol. The van der Waals surface area contributed by atoms with E-state index >= 15 is 0 Å². The lowest BCUT2D eigenvalue weighted by molar-refractivity contribution is 0.185. The van der Waals surface area contributed by atoms with Gasteiger partial charge in [0.25, 0.3) is 0 Å². The summed E-state index contributed by atoms with van der Waals surface area (Å²) in [6.07, 6.45) is 0.163. The molecule has 10 heavy (non-hydrogen) atoms. The molecule has 0 aromatic carbocycles. The maximum absolute atomic E-state index is 10.9. The molecule has 0 spiro atoms. The fraction of sp³-hybridized carbons (Fsp3) is 1.00. The van der Waals surface area contributed by atoms with E-state index in [0.717, 1.165) is 6.26 Å². The molecule has 3 nitrogen and oxygen atoms in total. The van der Waals surface area contributed by atoms with Gasteiger partial charge in [-0.15, -0.1) is 0 Å². The highest BCUT2D eigenvalue weighted by Crippen LogP contribution is 2.27. The minimum atomic E-state index is -3.23. The van der Waals surface area contributed by atoms with Crippen molar-refractivity contribution in [3.63, 3.8) is 0 Å². The molecule has 5 heteroatoms. The number of alkyl halides is 1. The van der Waals surface area contributed by atoms with Gasteiger partial charge in [0.1, 0.15) is 3.66 Å². The van der Waals surface area contributed by atoms with Gasteiger partial charge < -0.3 is 5.11 Å². The summed E-state index contributed by atoms with van der Waals surface area (Å²) in [4.78, 5) is 0. The van der Waals surface area contributed by atoms with E-state index in [4.69, 9.17) is 5.11 Å². The van der Waals surface area contributed by atoms with Crippen molar-refractivity contribution in [2.24, 2.45) is 0 Å². The molecule has 0 aliphatic heterocycles.